The van der Waals surface area contributed by atoms with Gasteiger partial charge in [0, 0.05) is 43.4 Å². The van der Waals surface area contributed by atoms with Crippen molar-refractivity contribution >= 4 is 65.0 Å². The maximum atomic E-state index is 13.3. The van der Waals surface area contributed by atoms with Crippen molar-refractivity contribution in [1.29, 1.82) is 0 Å². The van der Waals surface area contributed by atoms with Crippen molar-refractivity contribution in [3.05, 3.63) is 139 Å². The van der Waals surface area contributed by atoms with Gasteiger partial charge in [0.25, 0.3) is 0 Å². The first-order valence-corrected chi connectivity index (χ1v) is 16.2. The minimum absolute atomic E-state index is 0.0608. The maximum Gasteiger partial charge on any atom is 0.164 e. The van der Waals surface area contributed by atoms with Gasteiger partial charge in [-0.05, 0) is 49.2 Å². The third kappa shape index (κ3) is 8.19. The maximum absolute atomic E-state index is 13.3. The van der Waals surface area contributed by atoms with Crippen LogP contribution >= 0.6 is 53.4 Å². The number of carbonyl (C=O) groups is 2. The lowest BCUT2D eigenvalue weighted by molar-refractivity contribution is 0.0973. The number of carbonyl (C=O) groups excluding carboxylic acids is 2. The molecule has 4 aromatic rings. The normalized spacial score (nSPS) is 12.6. The molecular weight excluding hydrogens is 640 g/mol. The Morgan fingerprint density at radius 3 is 1.18 bits per heavy atom. The van der Waals surface area contributed by atoms with E-state index in [0.29, 0.717) is 12.8 Å². The zero-order chi connectivity index (χ0) is 27.1. The van der Waals surface area contributed by atoms with Crippen LogP contribution in [-0.4, -0.2) is 11.6 Å². The molecular formula is C32H28Br2O2S2. The second kappa shape index (κ2) is 13.8. The molecule has 2 atom stereocenters. The van der Waals surface area contributed by atoms with Gasteiger partial charge in [0.1, 0.15) is 0 Å². The van der Waals surface area contributed by atoms with E-state index in [1.54, 1.807) is 21.6 Å². The fraction of sp³-hybridized carbons (Fsp3) is 0.188. The lowest BCUT2D eigenvalue weighted by Crippen LogP contribution is -2.07. The molecule has 0 aliphatic carbocycles. The third-order valence-electron chi connectivity index (χ3n) is 6.26. The minimum Gasteiger partial charge on any atom is -0.294 e. The molecule has 0 fully saturated rings. The van der Waals surface area contributed by atoms with Crippen molar-refractivity contribution in [1.82, 2.24) is 0 Å². The molecule has 0 amide bonds. The van der Waals surface area contributed by atoms with Crippen molar-refractivity contribution in [2.45, 2.75) is 37.2 Å². The first-order valence-electron chi connectivity index (χ1n) is 12.3. The van der Waals surface area contributed by atoms with E-state index in [4.69, 9.17) is 0 Å². The van der Waals surface area contributed by atoms with Gasteiger partial charge >= 0.3 is 0 Å². The summed E-state index contributed by atoms with van der Waals surface area (Å²) in [7, 11) is 3.34. The molecule has 194 valence electrons. The fourth-order valence-electron chi connectivity index (χ4n) is 3.96. The van der Waals surface area contributed by atoms with E-state index in [2.05, 4.69) is 56.1 Å². The van der Waals surface area contributed by atoms with Gasteiger partial charge in [0.05, 0.1) is 0 Å². The summed E-state index contributed by atoms with van der Waals surface area (Å²) in [6.45, 7) is 4.04. The van der Waals surface area contributed by atoms with Crippen LogP contribution in [0.3, 0.4) is 0 Å². The largest absolute Gasteiger partial charge is 0.294 e. The highest BCUT2D eigenvalue weighted by molar-refractivity contribution is 9.10. The molecule has 0 N–H and O–H groups in total. The summed E-state index contributed by atoms with van der Waals surface area (Å²) < 4.78 is 2.00. The number of Topliss-reactive ketones (excluding diaryl/α,β-unsaturated/α-hetero) is 2. The van der Waals surface area contributed by atoms with Gasteiger partial charge in [-0.1, -0.05) is 137 Å². The van der Waals surface area contributed by atoms with Crippen LogP contribution in [-0.2, 0) is 0 Å². The zero-order valence-corrected chi connectivity index (χ0v) is 26.0. The van der Waals surface area contributed by atoms with Gasteiger partial charge in [0.2, 0.25) is 0 Å². The summed E-state index contributed by atoms with van der Waals surface area (Å²) in [5.41, 5.74) is 5.89. The van der Waals surface area contributed by atoms with Gasteiger partial charge in [0.15, 0.2) is 11.6 Å². The molecule has 0 radical (unpaired) electrons. The predicted octanol–water partition coefficient (Wildman–Crippen LogP) is 10.5. The summed E-state index contributed by atoms with van der Waals surface area (Å²) in [6.07, 6.45) is 0.753. The lowest BCUT2D eigenvalue weighted by Gasteiger charge is -2.21. The van der Waals surface area contributed by atoms with Crippen molar-refractivity contribution in [2.24, 2.45) is 0 Å². The molecule has 0 aliphatic heterocycles. The van der Waals surface area contributed by atoms with E-state index in [1.165, 1.54) is 0 Å². The second-order valence-electron chi connectivity index (χ2n) is 9.26. The van der Waals surface area contributed by atoms with Crippen LogP contribution in [0, 0.1) is 13.8 Å². The van der Waals surface area contributed by atoms with Crippen LogP contribution in [0.25, 0.3) is 0 Å². The van der Waals surface area contributed by atoms with Crippen LogP contribution in [0.5, 0.6) is 0 Å². The van der Waals surface area contributed by atoms with E-state index in [1.807, 2.05) is 86.6 Å². The molecule has 0 saturated heterocycles. The second-order valence-corrected chi connectivity index (χ2v) is 13.8. The number of halogens is 2. The van der Waals surface area contributed by atoms with Gasteiger partial charge in [-0.25, -0.2) is 0 Å². The summed E-state index contributed by atoms with van der Waals surface area (Å²) in [5.74, 6) is 0.226. The molecule has 0 saturated carbocycles. The Labute approximate surface area is 249 Å². The van der Waals surface area contributed by atoms with Gasteiger partial charge in [-0.2, -0.15) is 0 Å². The minimum atomic E-state index is -0.0608. The molecule has 0 spiro atoms. The van der Waals surface area contributed by atoms with E-state index < -0.39 is 0 Å². The third-order valence-corrected chi connectivity index (χ3v) is 10.5. The Kier molecular flexibility index (Phi) is 10.5. The monoisotopic (exact) mass is 666 g/mol. The topological polar surface area (TPSA) is 34.1 Å². The summed E-state index contributed by atoms with van der Waals surface area (Å²) in [4.78, 5) is 26.5. The molecule has 4 rings (SSSR count). The number of benzene rings is 4. The zero-order valence-electron chi connectivity index (χ0n) is 21.2. The van der Waals surface area contributed by atoms with E-state index in [9.17, 15) is 9.59 Å². The molecule has 0 heterocycles. The average Bonchev–Trinajstić information content (AvgIpc) is 2.92. The standard InChI is InChI=1S/C32H28Br2O2S2/c1-21-3-7-23(8-4-21)29(35)19-31(25-11-15-27(33)16-12-25)37-38-32(26-13-17-28(34)18-14-26)20-30(36)24-9-5-22(2)6-10-24/h3-18,31-32H,19-20H2,1-2H3. The quantitative estimate of drug-likeness (QED) is 0.118. The Morgan fingerprint density at radius 1 is 0.553 bits per heavy atom. The first-order chi connectivity index (χ1) is 18.3. The summed E-state index contributed by atoms with van der Waals surface area (Å²) in [6, 6.07) is 31.8. The highest BCUT2D eigenvalue weighted by Crippen LogP contribution is 2.49. The molecule has 2 unspecified atom stereocenters. The number of rotatable bonds is 11. The van der Waals surface area contributed by atoms with Crippen LogP contribution in [0.1, 0.15) is 66.3 Å². The number of ketones is 2. The van der Waals surface area contributed by atoms with Crippen LogP contribution < -0.4 is 0 Å². The average molecular weight is 669 g/mol. The van der Waals surface area contributed by atoms with Crippen LogP contribution in [0.15, 0.2) is 106 Å². The fourth-order valence-corrected chi connectivity index (χ4v) is 7.61. The summed E-state index contributed by atoms with van der Waals surface area (Å²) >= 11 is 7.04. The molecule has 0 aliphatic rings. The molecule has 4 aromatic carbocycles. The number of aryl methyl sites for hydroxylation is 2. The van der Waals surface area contributed by atoms with Crippen molar-refractivity contribution in [2.75, 3.05) is 0 Å². The van der Waals surface area contributed by atoms with Crippen molar-refractivity contribution < 1.29 is 9.59 Å². The van der Waals surface area contributed by atoms with Crippen LogP contribution in [0.2, 0.25) is 0 Å². The van der Waals surface area contributed by atoms with Gasteiger partial charge < -0.3 is 0 Å². The Balaban J connectivity index is 1.57. The molecule has 38 heavy (non-hydrogen) atoms. The number of hydrogen-bond acceptors (Lipinski definition) is 4. The van der Waals surface area contributed by atoms with Gasteiger partial charge in [-0.3, -0.25) is 9.59 Å². The molecule has 6 heteroatoms. The molecule has 0 bridgehead atoms. The Morgan fingerprint density at radius 2 is 0.868 bits per heavy atom. The van der Waals surface area contributed by atoms with E-state index >= 15 is 0 Å². The van der Waals surface area contributed by atoms with Crippen LogP contribution in [0.4, 0.5) is 0 Å². The molecule has 2 nitrogen and oxygen atoms in total. The first kappa shape index (κ1) is 28.9. The van der Waals surface area contributed by atoms with Gasteiger partial charge in [-0.15, -0.1) is 0 Å². The summed E-state index contributed by atoms with van der Waals surface area (Å²) in [5, 5.41) is -0.122. The van der Waals surface area contributed by atoms with E-state index in [0.717, 1.165) is 42.3 Å². The highest BCUT2D eigenvalue weighted by atomic mass is 79.9. The van der Waals surface area contributed by atoms with E-state index in [-0.39, 0.29) is 22.1 Å². The SMILES string of the molecule is Cc1ccc(C(=O)CC(SSC(CC(=O)c2ccc(C)cc2)c2ccc(Br)cc2)c2ccc(Br)cc2)cc1. The smallest absolute Gasteiger partial charge is 0.164 e. The number of hydrogen-bond donors (Lipinski definition) is 0. The Hall–Kier alpha value is -2.12. The Bertz CT molecular complexity index is 1260. The predicted molar refractivity (Wildman–Crippen MR) is 169 cm³/mol. The highest BCUT2D eigenvalue weighted by Gasteiger charge is 2.24. The lowest BCUT2D eigenvalue weighted by atomic mass is 10.0. The van der Waals surface area contributed by atoms with Crippen molar-refractivity contribution in [3.8, 4) is 0 Å². The van der Waals surface area contributed by atoms with Crippen molar-refractivity contribution in [3.63, 3.8) is 0 Å². The molecule has 0 aromatic heterocycles.